The molecule has 0 fully saturated rings. The molecule has 3 nitrogen and oxygen atoms in total. The van der Waals surface area contributed by atoms with Gasteiger partial charge in [-0.05, 0) is 54.8 Å². The summed E-state index contributed by atoms with van der Waals surface area (Å²) in [6, 6.07) is 28.4. The third-order valence-corrected chi connectivity index (χ3v) is 5.33. The lowest BCUT2D eigenvalue weighted by molar-refractivity contribution is 0.414. The first-order valence-electron chi connectivity index (χ1n) is 9.54. The summed E-state index contributed by atoms with van der Waals surface area (Å²) in [6.45, 7) is 3.20. The summed E-state index contributed by atoms with van der Waals surface area (Å²) < 4.78 is 5.40. The minimum absolute atomic E-state index is 0.320. The van der Waals surface area contributed by atoms with Crippen LogP contribution in [0.2, 0.25) is 0 Å². The fraction of sp³-hybridized carbons (Fsp3) is 0.250. The zero-order valence-electron chi connectivity index (χ0n) is 15.9. The number of hydrogen-bond acceptors (Lipinski definition) is 3. The maximum absolute atomic E-state index is 5.40. The van der Waals surface area contributed by atoms with Crippen molar-refractivity contribution in [3.8, 4) is 5.75 Å². The number of methoxy groups -OCH3 is 1. The molecule has 0 amide bonds. The predicted octanol–water partition coefficient (Wildman–Crippen LogP) is 5.65. The van der Waals surface area contributed by atoms with Crippen molar-refractivity contribution in [1.82, 2.24) is 0 Å². The molecule has 0 saturated heterocycles. The van der Waals surface area contributed by atoms with Crippen LogP contribution >= 0.6 is 0 Å². The van der Waals surface area contributed by atoms with E-state index in [1.165, 1.54) is 22.5 Å². The van der Waals surface area contributed by atoms with E-state index < -0.39 is 0 Å². The smallest absolute Gasteiger partial charge is 0.119 e. The Labute approximate surface area is 161 Å². The summed E-state index contributed by atoms with van der Waals surface area (Å²) in [6.07, 6.45) is 1.07. The second-order valence-electron chi connectivity index (χ2n) is 7.19. The van der Waals surface area contributed by atoms with Crippen LogP contribution in [-0.2, 0) is 6.54 Å². The maximum Gasteiger partial charge on any atom is 0.119 e. The van der Waals surface area contributed by atoms with Crippen LogP contribution in [0.15, 0.2) is 78.9 Å². The number of para-hydroxylation sites is 2. The van der Waals surface area contributed by atoms with Crippen molar-refractivity contribution < 1.29 is 4.74 Å². The molecule has 0 aliphatic carbocycles. The molecule has 1 aliphatic heterocycles. The first kappa shape index (κ1) is 17.5. The normalized spacial score (nSPS) is 18.7. The monoisotopic (exact) mass is 358 g/mol. The Kier molecular flexibility index (Phi) is 5.01. The number of ether oxygens (including phenoxy) is 1. The number of fused-ring (bicyclic) bond motifs is 1. The Morgan fingerprint density at radius 2 is 1.74 bits per heavy atom. The summed E-state index contributed by atoms with van der Waals surface area (Å²) in [5, 5.41) is 3.72. The van der Waals surface area contributed by atoms with Gasteiger partial charge < -0.3 is 15.0 Å². The predicted molar refractivity (Wildman–Crippen MR) is 113 cm³/mol. The average Bonchev–Trinajstić information content (AvgIpc) is 2.72. The molecular formula is C24H26N2O. The maximum atomic E-state index is 5.40. The molecule has 3 aromatic carbocycles. The van der Waals surface area contributed by atoms with Crippen molar-refractivity contribution in [2.75, 3.05) is 17.3 Å². The van der Waals surface area contributed by atoms with E-state index in [1.807, 2.05) is 6.07 Å². The van der Waals surface area contributed by atoms with Gasteiger partial charge in [0.25, 0.3) is 0 Å². The topological polar surface area (TPSA) is 24.5 Å². The van der Waals surface area contributed by atoms with E-state index in [4.69, 9.17) is 4.74 Å². The molecule has 4 rings (SSSR count). The van der Waals surface area contributed by atoms with Gasteiger partial charge in [-0.3, -0.25) is 0 Å². The highest BCUT2D eigenvalue weighted by Crippen LogP contribution is 2.39. The second kappa shape index (κ2) is 7.75. The van der Waals surface area contributed by atoms with E-state index >= 15 is 0 Å². The van der Waals surface area contributed by atoms with Gasteiger partial charge in [0.2, 0.25) is 0 Å². The van der Waals surface area contributed by atoms with E-state index in [1.54, 1.807) is 7.11 Å². The largest absolute Gasteiger partial charge is 0.497 e. The highest BCUT2D eigenvalue weighted by Gasteiger charge is 2.29. The number of anilines is 2. The molecule has 1 aliphatic rings. The number of nitrogens with zero attached hydrogens (tertiary/aromatic N) is 1. The Hall–Kier alpha value is -2.94. The molecule has 1 N–H and O–H groups in total. The zero-order valence-corrected chi connectivity index (χ0v) is 15.9. The van der Waals surface area contributed by atoms with Crippen molar-refractivity contribution >= 4 is 11.4 Å². The summed E-state index contributed by atoms with van der Waals surface area (Å²) in [4.78, 5) is 2.51. The van der Waals surface area contributed by atoms with Crippen molar-refractivity contribution in [2.24, 2.45) is 0 Å². The quantitative estimate of drug-likeness (QED) is 0.638. The molecule has 3 aromatic rings. The van der Waals surface area contributed by atoms with Crippen LogP contribution in [0.4, 0.5) is 11.4 Å². The van der Waals surface area contributed by atoms with Crippen LogP contribution < -0.4 is 15.0 Å². The second-order valence-corrected chi connectivity index (χ2v) is 7.19. The fourth-order valence-electron chi connectivity index (χ4n) is 3.96. The van der Waals surface area contributed by atoms with E-state index in [9.17, 15) is 0 Å². The molecule has 3 heteroatoms. The lowest BCUT2D eigenvalue weighted by atomic mass is 9.91. The van der Waals surface area contributed by atoms with Gasteiger partial charge in [0.1, 0.15) is 5.75 Å². The van der Waals surface area contributed by atoms with Gasteiger partial charge in [0.15, 0.2) is 0 Å². The highest BCUT2D eigenvalue weighted by molar-refractivity contribution is 5.61. The van der Waals surface area contributed by atoms with E-state index in [0.29, 0.717) is 12.1 Å². The minimum atomic E-state index is 0.320. The van der Waals surface area contributed by atoms with Crippen LogP contribution in [0.5, 0.6) is 5.75 Å². The highest BCUT2D eigenvalue weighted by atomic mass is 16.5. The Bertz CT molecular complexity index is 894. The van der Waals surface area contributed by atoms with Gasteiger partial charge in [-0.2, -0.15) is 0 Å². The molecule has 2 unspecified atom stereocenters. The first-order valence-corrected chi connectivity index (χ1v) is 9.54. The summed E-state index contributed by atoms with van der Waals surface area (Å²) in [5.41, 5.74) is 5.12. The molecule has 27 heavy (non-hydrogen) atoms. The Morgan fingerprint density at radius 3 is 2.56 bits per heavy atom. The van der Waals surface area contributed by atoms with Crippen LogP contribution in [0.1, 0.15) is 30.5 Å². The van der Waals surface area contributed by atoms with Crippen molar-refractivity contribution in [3.05, 3.63) is 90.0 Å². The molecule has 0 aromatic heterocycles. The van der Waals surface area contributed by atoms with E-state index in [0.717, 1.165) is 18.7 Å². The Morgan fingerprint density at radius 1 is 0.963 bits per heavy atom. The van der Waals surface area contributed by atoms with Crippen molar-refractivity contribution in [2.45, 2.75) is 32.0 Å². The van der Waals surface area contributed by atoms with E-state index in [-0.39, 0.29) is 0 Å². The number of rotatable bonds is 5. The van der Waals surface area contributed by atoms with Crippen LogP contribution in [0.3, 0.4) is 0 Å². The van der Waals surface area contributed by atoms with Crippen LogP contribution in [0, 0.1) is 0 Å². The molecule has 0 saturated carbocycles. The van der Waals surface area contributed by atoms with Crippen molar-refractivity contribution in [3.63, 3.8) is 0 Å². The van der Waals surface area contributed by atoms with Crippen LogP contribution in [0.25, 0.3) is 0 Å². The van der Waals surface area contributed by atoms with Gasteiger partial charge in [0, 0.05) is 24.0 Å². The van der Waals surface area contributed by atoms with E-state index in [2.05, 4.69) is 89.9 Å². The molecule has 1 heterocycles. The number of benzene rings is 3. The summed E-state index contributed by atoms with van der Waals surface area (Å²) >= 11 is 0. The lowest BCUT2D eigenvalue weighted by Crippen LogP contribution is -2.39. The van der Waals surface area contributed by atoms with Crippen molar-refractivity contribution in [1.29, 1.82) is 0 Å². The molecule has 0 radical (unpaired) electrons. The first-order chi connectivity index (χ1) is 13.2. The van der Waals surface area contributed by atoms with Crippen LogP contribution in [-0.4, -0.2) is 13.2 Å². The molecule has 0 bridgehead atoms. The molecule has 0 spiro atoms. The molecule has 2 atom stereocenters. The molecular weight excluding hydrogens is 332 g/mol. The lowest BCUT2D eigenvalue weighted by Gasteiger charge is -2.41. The standard InChI is InChI=1S/C24H26N2O/c1-18-15-23(25-20-10-4-3-5-11-20)22-13-6-7-14-24(22)26(18)17-19-9-8-12-21(16-19)27-2/h3-14,16,18,23,25H,15,17H2,1-2H3. The van der Waals surface area contributed by atoms with Gasteiger partial charge >= 0.3 is 0 Å². The average molecular weight is 358 g/mol. The SMILES string of the molecule is COc1cccc(CN2c3ccccc3C(Nc3ccccc3)CC2C)c1. The van der Waals surface area contributed by atoms with Gasteiger partial charge in [-0.1, -0.05) is 48.5 Å². The fourth-order valence-corrected chi connectivity index (χ4v) is 3.96. The van der Waals surface area contributed by atoms with Gasteiger partial charge in [-0.25, -0.2) is 0 Å². The molecule has 138 valence electrons. The summed E-state index contributed by atoms with van der Waals surface area (Å²) in [5.74, 6) is 0.911. The minimum Gasteiger partial charge on any atom is -0.497 e. The summed E-state index contributed by atoms with van der Waals surface area (Å²) in [7, 11) is 1.72. The van der Waals surface area contributed by atoms with Gasteiger partial charge in [0.05, 0.1) is 13.2 Å². The number of nitrogens with one attached hydrogen (secondary N) is 1. The third-order valence-electron chi connectivity index (χ3n) is 5.33. The third kappa shape index (κ3) is 3.77. The Balaban J connectivity index is 1.62. The van der Waals surface area contributed by atoms with Gasteiger partial charge in [-0.15, -0.1) is 0 Å². The number of hydrogen-bond donors (Lipinski definition) is 1. The zero-order chi connectivity index (χ0) is 18.6.